The first kappa shape index (κ1) is 14.3. The Kier molecular flexibility index (Phi) is 4.36. The molecular formula is C12H18ClNO2S2. The molecule has 6 heteroatoms. The van der Waals surface area contributed by atoms with Crippen molar-refractivity contribution in [1.29, 1.82) is 0 Å². The lowest BCUT2D eigenvalue weighted by Gasteiger charge is -2.21. The second-order valence-electron chi connectivity index (χ2n) is 4.70. The summed E-state index contributed by atoms with van der Waals surface area (Å²) in [6.07, 6.45) is 2.30. The third-order valence-corrected chi connectivity index (χ3v) is 7.05. The minimum Gasteiger partial charge on any atom is -0.207 e. The van der Waals surface area contributed by atoms with Crippen LogP contribution >= 0.6 is 22.9 Å². The van der Waals surface area contributed by atoms with Crippen molar-refractivity contribution < 1.29 is 8.42 Å². The Bertz CT molecular complexity index is 520. The van der Waals surface area contributed by atoms with Gasteiger partial charge in [0.15, 0.2) is 0 Å². The molecule has 3 nitrogen and oxygen atoms in total. The van der Waals surface area contributed by atoms with Crippen LogP contribution in [0, 0.1) is 12.8 Å². The molecule has 1 aliphatic rings. The van der Waals surface area contributed by atoms with Crippen LogP contribution in [-0.4, -0.2) is 25.8 Å². The SMILES string of the molecule is CCN(CC1CC1)S(=O)(=O)c1c(C)csc1CCl. The number of thiophene rings is 1. The Morgan fingerprint density at radius 3 is 2.67 bits per heavy atom. The maximum atomic E-state index is 12.7. The summed E-state index contributed by atoms with van der Waals surface area (Å²) in [4.78, 5) is 1.19. The fraction of sp³-hybridized carbons (Fsp3) is 0.667. The third-order valence-electron chi connectivity index (χ3n) is 3.22. The Morgan fingerprint density at radius 1 is 1.50 bits per heavy atom. The molecule has 0 radical (unpaired) electrons. The molecule has 0 atom stereocenters. The number of aryl methyl sites for hydroxylation is 1. The summed E-state index contributed by atoms with van der Waals surface area (Å²) < 4.78 is 26.9. The predicted molar refractivity (Wildman–Crippen MR) is 75.8 cm³/mol. The second kappa shape index (κ2) is 5.49. The lowest BCUT2D eigenvalue weighted by molar-refractivity contribution is 0.411. The molecule has 1 heterocycles. The second-order valence-corrected chi connectivity index (χ2v) is 7.81. The zero-order valence-corrected chi connectivity index (χ0v) is 13.0. The quantitative estimate of drug-likeness (QED) is 0.757. The van der Waals surface area contributed by atoms with Crippen LogP contribution in [0.1, 0.15) is 30.2 Å². The molecule has 102 valence electrons. The summed E-state index contributed by atoms with van der Waals surface area (Å²) in [6.45, 7) is 4.90. The highest BCUT2D eigenvalue weighted by molar-refractivity contribution is 7.89. The fourth-order valence-corrected chi connectivity index (χ4v) is 5.58. The molecule has 2 rings (SSSR count). The van der Waals surface area contributed by atoms with E-state index < -0.39 is 10.0 Å². The fourth-order valence-electron chi connectivity index (χ4n) is 2.04. The van der Waals surface area contributed by atoms with Crippen LogP contribution in [0.5, 0.6) is 0 Å². The predicted octanol–water partition coefficient (Wildman–Crippen LogP) is 3.22. The highest BCUT2D eigenvalue weighted by Crippen LogP contribution is 2.34. The Hall–Kier alpha value is -0.100. The summed E-state index contributed by atoms with van der Waals surface area (Å²) in [5.74, 6) is 0.812. The average Bonchev–Trinajstić information content (AvgIpc) is 3.07. The maximum absolute atomic E-state index is 12.7. The van der Waals surface area contributed by atoms with Gasteiger partial charge >= 0.3 is 0 Å². The summed E-state index contributed by atoms with van der Waals surface area (Å²) in [5, 5.41) is 1.87. The summed E-state index contributed by atoms with van der Waals surface area (Å²) >= 11 is 7.27. The van der Waals surface area contributed by atoms with Crippen LogP contribution in [-0.2, 0) is 15.9 Å². The van der Waals surface area contributed by atoms with E-state index in [4.69, 9.17) is 11.6 Å². The van der Waals surface area contributed by atoms with E-state index in [0.29, 0.717) is 23.9 Å². The first-order chi connectivity index (χ1) is 8.50. The minimum atomic E-state index is -3.38. The van der Waals surface area contributed by atoms with E-state index in [-0.39, 0.29) is 5.88 Å². The van der Waals surface area contributed by atoms with Crippen LogP contribution < -0.4 is 0 Å². The molecule has 1 aromatic heterocycles. The van der Waals surface area contributed by atoms with Gasteiger partial charge in [0.05, 0.1) is 5.88 Å². The zero-order chi connectivity index (χ0) is 13.3. The Balaban J connectivity index is 2.35. The van der Waals surface area contributed by atoms with Crippen molar-refractivity contribution in [3.63, 3.8) is 0 Å². The van der Waals surface area contributed by atoms with Gasteiger partial charge in [-0.2, -0.15) is 4.31 Å². The van der Waals surface area contributed by atoms with Crippen LogP contribution in [0.15, 0.2) is 10.3 Å². The van der Waals surface area contributed by atoms with Crippen LogP contribution in [0.25, 0.3) is 0 Å². The van der Waals surface area contributed by atoms with Crippen molar-refractivity contribution in [2.75, 3.05) is 13.1 Å². The molecule has 0 spiro atoms. The van der Waals surface area contributed by atoms with Gasteiger partial charge < -0.3 is 0 Å². The number of halogens is 1. The first-order valence-corrected chi connectivity index (χ1v) is 8.99. The van der Waals surface area contributed by atoms with Gasteiger partial charge in [-0.3, -0.25) is 0 Å². The first-order valence-electron chi connectivity index (χ1n) is 6.13. The zero-order valence-electron chi connectivity index (χ0n) is 10.6. The standard InChI is InChI=1S/C12H18ClNO2S2/c1-3-14(7-10-4-5-10)18(15,16)12-9(2)8-17-11(12)6-13/h8,10H,3-7H2,1-2H3. The van der Waals surface area contributed by atoms with Gasteiger partial charge in [0.1, 0.15) is 4.90 Å². The minimum absolute atomic E-state index is 0.258. The summed E-state index contributed by atoms with van der Waals surface area (Å²) in [6, 6.07) is 0. The van der Waals surface area contributed by atoms with E-state index in [1.807, 2.05) is 19.2 Å². The van der Waals surface area contributed by atoms with E-state index in [1.165, 1.54) is 11.3 Å². The van der Waals surface area contributed by atoms with Crippen molar-refractivity contribution in [2.24, 2.45) is 5.92 Å². The topological polar surface area (TPSA) is 37.4 Å². The molecule has 1 aliphatic carbocycles. The van der Waals surface area contributed by atoms with Gasteiger partial charge in [-0.05, 0) is 36.6 Å². The molecule has 0 N–H and O–H groups in total. The van der Waals surface area contributed by atoms with E-state index in [1.54, 1.807) is 4.31 Å². The molecule has 1 aromatic rings. The molecule has 0 aliphatic heterocycles. The number of hydrogen-bond donors (Lipinski definition) is 0. The van der Waals surface area contributed by atoms with Gasteiger partial charge in [0, 0.05) is 18.0 Å². The monoisotopic (exact) mass is 307 g/mol. The average molecular weight is 308 g/mol. The van der Waals surface area contributed by atoms with Crippen LogP contribution in [0.2, 0.25) is 0 Å². The highest BCUT2D eigenvalue weighted by atomic mass is 35.5. The van der Waals surface area contributed by atoms with Gasteiger partial charge in [-0.25, -0.2) is 8.42 Å². The molecule has 18 heavy (non-hydrogen) atoms. The normalized spacial score (nSPS) is 16.4. The molecule has 0 saturated heterocycles. The van der Waals surface area contributed by atoms with E-state index in [9.17, 15) is 8.42 Å². The maximum Gasteiger partial charge on any atom is 0.244 e. The van der Waals surface area contributed by atoms with Crippen molar-refractivity contribution in [2.45, 2.75) is 37.5 Å². The molecule has 0 amide bonds. The summed E-state index contributed by atoms with van der Waals surface area (Å²) in [5.41, 5.74) is 0.810. The van der Waals surface area contributed by atoms with Gasteiger partial charge in [-0.15, -0.1) is 22.9 Å². The largest absolute Gasteiger partial charge is 0.244 e. The number of rotatable bonds is 6. The lowest BCUT2D eigenvalue weighted by atomic mass is 10.3. The number of sulfonamides is 1. The third kappa shape index (κ3) is 2.74. The molecule has 0 aromatic carbocycles. The molecular weight excluding hydrogens is 290 g/mol. The van der Waals surface area contributed by atoms with Gasteiger partial charge in [0.25, 0.3) is 0 Å². The number of nitrogens with zero attached hydrogens (tertiary/aromatic N) is 1. The molecule has 0 bridgehead atoms. The van der Waals surface area contributed by atoms with E-state index in [0.717, 1.165) is 23.3 Å². The summed E-state index contributed by atoms with van der Waals surface area (Å²) in [7, 11) is -3.38. The highest BCUT2D eigenvalue weighted by Gasteiger charge is 2.33. The van der Waals surface area contributed by atoms with Crippen LogP contribution in [0.3, 0.4) is 0 Å². The van der Waals surface area contributed by atoms with Crippen molar-refractivity contribution >= 4 is 33.0 Å². The van der Waals surface area contributed by atoms with Crippen molar-refractivity contribution in [3.8, 4) is 0 Å². The lowest BCUT2D eigenvalue weighted by Crippen LogP contribution is -2.33. The molecule has 1 fully saturated rings. The Morgan fingerprint density at radius 2 is 2.17 bits per heavy atom. The van der Waals surface area contributed by atoms with Crippen molar-refractivity contribution in [3.05, 3.63) is 15.8 Å². The Labute approximate surface area is 118 Å². The van der Waals surface area contributed by atoms with Gasteiger partial charge in [0.2, 0.25) is 10.0 Å². The van der Waals surface area contributed by atoms with Crippen LogP contribution in [0.4, 0.5) is 0 Å². The smallest absolute Gasteiger partial charge is 0.207 e. The van der Waals surface area contributed by atoms with Crippen molar-refractivity contribution in [1.82, 2.24) is 4.31 Å². The molecule has 0 unspecified atom stereocenters. The van der Waals surface area contributed by atoms with E-state index >= 15 is 0 Å². The molecule has 1 saturated carbocycles. The van der Waals surface area contributed by atoms with E-state index in [2.05, 4.69) is 0 Å². The number of hydrogen-bond acceptors (Lipinski definition) is 3. The van der Waals surface area contributed by atoms with Gasteiger partial charge in [-0.1, -0.05) is 6.92 Å². The number of alkyl halides is 1.